The van der Waals surface area contributed by atoms with Crippen molar-refractivity contribution >= 4 is 23.5 Å². The number of ether oxygens (including phenoxy) is 1. The van der Waals surface area contributed by atoms with Crippen LogP contribution in [-0.4, -0.2) is 36.5 Å². The monoisotopic (exact) mass is 318 g/mol. The number of para-hydroxylation sites is 1. The molecule has 0 unspecified atom stereocenters. The molecule has 1 aromatic carbocycles. The van der Waals surface area contributed by atoms with E-state index in [1.807, 2.05) is 13.8 Å². The Bertz CT molecular complexity index is 612. The van der Waals surface area contributed by atoms with Crippen molar-refractivity contribution in [1.29, 1.82) is 0 Å². The first-order valence-corrected chi connectivity index (χ1v) is 7.81. The Morgan fingerprint density at radius 2 is 1.91 bits per heavy atom. The molecular formula is C17H22N2O4. The molecule has 6 heteroatoms. The third kappa shape index (κ3) is 4.09. The maximum atomic E-state index is 12.4. The van der Waals surface area contributed by atoms with Gasteiger partial charge in [0.15, 0.2) is 6.10 Å². The number of benzene rings is 1. The van der Waals surface area contributed by atoms with Crippen LogP contribution < -0.4 is 10.2 Å². The smallest absolute Gasteiger partial charge is 0.341 e. The number of hydrogen-bond donors (Lipinski definition) is 1. The molecule has 6 nitrogen and oxygen atoms in total. The van der Waals surface area contributed by atoms with Gasteiger partial charge in [0.2, 0.25) is 5.91 Å². The van der Waals surface area contributed by atoms with Crippen LogP contribution in [0.25, 0.3) is 0 Å². The fourth-order valence-corrected chi connectivity index (χ4v) is 2.46. The van der Waals surface area contributed by atoms with Crippen LogP contribution in [0.3, 0.4) is 0 Å². The van der Waals surface area contributed by atoms with E-state index in [4.69, 9.17) is 4.74 Å². The fraction of sp³-hybridized carbons (Fsp3) is 0.471. The highest BCUT2D eigenvalue weighted by Crippen LogP contribution is 2.26. The van der Waals surface area contributed by atoms with E-state index < -0.39 is 12.1 Å². The average molecular weight is 318 g/mol. The molecule has 1 saturated heterocycles. The summed E-state index contributed by atoms with van der Waals surface area (Å²) < 4.78 is 5.25. The first kappa shape index (κ1) is 17.0. The summed E-state index contributed by atoms with van der Waals surface area (Å²) in [5.74, 6) is -0.953. The quantitative estimate of drug-likeness (QED) is 0.841. The summed E-state index contributed by atoms with van der Waals surface area (Å²) in [4.78, 5) is 37.8. The van der Waals surface area contributed by atoms with Gasteiger partial charge >= 0.3 is 5.97 Å². The van der Waals surface area contributed by atoms with Crippen molar-refractivity contribution < 1.29 is 19.1 Å². The lowest BCUT2D eigenvalue weighted by Crippen LogP contribution is -2.39. The number of anilines is 1. The molecule has 0 spiro atoms. The lowest BCUT2D eigenvalue weighted by Gasteiger charge is -2.20. The van der Waals surface area contributed by atoms with Gasteiger partial charge in [0, 0.05) is 19.0 Å². The minimum Gasteiger partial charge on any atom is -0.449 e. The van der Waals surface area contributed by atoms with Crippen LogP contribution in [0.4, 0.5) is 5.69 Å². The van der Waals surface area contributed by atoms with Crippen molar-refractivity contribution in [3.8, 4) is 0 Å². The molecule has 0 aliphatic carbocycles. The molecule has 1 aliphatic rings. The zero-order chi connectivity index (χ0) is 17.0. The fourth-order valence-electron chi connectivity index (χ4n) is 2.46. The lowest BCUT2D eigenvalue weighted by molar-refractivity contribution is -0.129. The number of nitrogens with zero attached hydrogens (tertiary/aromatic N) is 1. The van der Waals surface area contributed by atoms with E-state index in [-0.39, 0.29) is 17.9 Å². The van der Waals surface area contributed by atoms with Crippen molar-refractivity contribution in [2.45, 2.75) is 45.8 Å². The average Bonchev–Trinajstić information content (AvgIpc) is 2.92. The van der Waals surface area contributed by atoms with Gasteiger partial charge in [-0.1, -0.05) is 12.1 Å². The second kappa shape index (κ2) is 7.26. The maximum Gasteiger partial charge on any atom is 0.341 e. The molecule has 0 bridgehead atoms. The van der Waals surface area contributed by atoms with Crippen molar-refractivity contribution in [2.75, 3.05) is 11.4 Å². The zero-order valence-electron chi connectivity index (χ0n) is 13.7. The van der Waals surface area contributed by atoms with Crippen LogP contribution in [-0.2, 0) is 14.3 Å². The van der Waals surface area contributed by atoms with E-state index in [0.29, 0.717) is 24.2 Å². The van der Waals surface area contributed by atoms with E-state index in [0.717, 1.165) is 6.42 Å². The molecule has 1 aliphatic heterocycles. The summed E-state index contributed by atoms with van der Waals surface area (Å²) in [5.41, 5.74) is 0.836. The number of carbonyl (C=O) groups is 3. The first-order valence-electron chi connectivity index (χ1n) is 7.81. The Morgan fingerprint density at radius 3 is 2.52 bits per heavy atom. The first-order chi connectivity index (χ1) is 10.9. The van der Waals surface area contributed by atoms with Gasteiger partial charge in [0.05, 0.1) is 11.3 Å². The number of hydrogen-bond acceptors (Lipinski definition) is 4. The topological polar surface area (TPSA) is 75.7 Å². The third-order valence-electron chi connectivity index (χ3n) is 3.57. The van der Waals surface area contributed by atoms with E-state index in [2.05, 4.69) is 5.32 Å². The van der Waals surface area contributed by atoms with E-state index >= 15 is 0 Å². The van der Waals surface area contributed by atoms with Crippen LogP contribution in [0, 0.1) is 0 Å². The Balaban J connectivity index is 2.14. The molecule has 1 fully saturated rings. The predicted molar refractivity (Wildman–Crippen MR) is 86.2 cm³/mol. The van der Waals surface area contributed by atoms with Gasteiger partial charge in [0.1, 0.15) is 0 Å². The second-order valence-electron chi connectivity index (χ2n) is 5.88. The molecule has 1 aromatic rings. The Kier molecular flexibility index (Phi) is 5.36. The zero-order valence-corrected chi connectivity index (χ0v) is 13.7. The summed E-state index contributed by atoms with van der Waals surface area (Å²) >= 11 is 0. The molecule has 124 valence electrons. The molecule has 1 atom stereocenters. The molecule has 1 N–H and O–H groups in total. The molecule has 2 amide bonds. The number of rotatable bonds is 5. The van der Waals surface area contributed by atoms with Gasteiger partial charge in [-0.25, -0.2) is 4.79 Å². The Morgan fingerprint density at radius 1 is 1.22 bits per heavy atom. The molecule has 2 rings (SSSR count). The van der Waals surface area contributed by atoms with Crippen LogP contribution >= 0.6 is 0 Å². The summed E-state index contributed by atoms with van der Waals surface area (Å²) in [6.07, 6.45) is 0.360. The molecule has 23 heavy (non-hydrogen) atoms. The standard InChI is InChI=1S/C17H22N2O4/c1-11(2)18-16(21)12(3)23-17(22)13-7-4-5-8-14(13)19-10-6-9-15(19)20/h4-5,7-8,11-12H,6,9-10H2,1-3H3,(H,18,21)/t12-/m0/s1. The highest BCUT2D eigenvalue weighted by Gasteiger charge is 2.27. The highest BCUT2D eigenvalue weighted by atomic mass is 16.5. The highest BCUT2D eigenvalue weighted by molar-refractivity contribution is 6.04. The maximum absolute atomic E-state index is 12.4. The molecule has 0 saturated carbocycles. The normalized spacial score (nSPS) is 15.7. The largest absolute Gasteiger partial charge is 0.449 e. The minimum atomic E-state index is -0.896. The van der Waals surface area contributed by atoms with Crippen LogP contribution in [0.1, 0.15) is 44.0 Å². The van der Waals surface area contributed by atoms with Crippen molar-refractivity contribution in [1.82, 2.24) is 5.32 Å². The van der Waals surface area contributed by atoms with Crippen molar-refractivity contribution in [2.24, 2.45) is 0 Å². The predicted octanol–water partition coefficient (Wildman–Crippen LogP) is 1.88. The minimum absolute atomic E-state index is 0.00384. The SMILES string of the molecule is CC(C)NC(=O)[C@H](C)OC(=O)c1ccccc1N1CCCC1=O. The van der Waals surface area contributed by atoms with Gasteiger partial charge in [-0.3, -0.25) is 9.59 Å². The van der Waals surface area contributed by atoms with Gasteiger partial charge < -0.3 is 15.0 Å². The van der Waals surface area contributed by atoms with Gasteiger partial charge in [-0.2, -0.15) is 0 Å². The number of amides is 2. The van der Waals surface area contributed by atoms with Gasteiger partial charge in [0.25, 0.3) is 5.91 Å². The van der Waals surface area contributed by atoms with Crippen molar-refractivity contribution in [3.05, 3.63) is 29.8 Å². The van der Waals surface area contributed by atoms with Crippen LogP contribution in [0.15, 0.2) is 24.3 Å². The molecule has 1 heterocycles. The Labute approximate surface area is 135 Å². The third-order valence-corrected chi connectivity index (χ3v) is 3.57. The Hall–Kier alpha value is -2.37. The summed E-state index contributed by atoms with van der Waals surface area (Å²) in [7, 11) is 0. The number of esters is 1. The van der Waals surface area contributed by atoms with E-state index in [1.165, 1.54) is 6.92 Å². The molecular weight excluding hydrogens is 296 g/mol. The molecule has 0 aromatic heterocycles. The molecule has 0 radical (unpaired) electrons. The van der Waals surface area contributed by atoms with Crippen LogP contribution in [0.5, 0.6) is 0 Å². The summed E-state index contributed by atoms with van der Waals surface area (Å²) in [6, 6.07) is 6.78. The number of nitrogens with one attached hydrogen (secondary N) is 1. The van der Waals surface area contributed by atoms with Crippen LogP contribution in [0.2, 0.25) is 0 Å². The van der Waals surface area contributed by atoms with Gasteiger partial charge in [-0.15, -0.1) is 0 Å². The summed E-state index contributed by atoms with van der Waals surface area (Å²) in [6.45, 7) is 5.78. The van der Waals surface area contributed by atoms with E-state index in [1.54, 1.807) is 29.2 Å². The van der Waals surface area contributed by atoms with Gasteiger partial charge in [-0.05, 0) is 39.3 Å². The van der Waals surface area contributed by atoms with E-state index in [9.17, 15) is 14.4 Å². The summed E-state index contributed by atoms with van der Waals surface area (Å²) in [5, 5.41) is 2.70. The second-order valence-corrected chi connectivity index (χ2v) is 5.88. The lowest BCUT2D eigenvalue weighted by atomic mass is 10.1. The van der Waals surface area contributed by atoms with Crippen molar-refractivity contribution in [3.63, 3.8) is 0 Å². The number of carbonyl (C=O) groups excluding carboxylic acids is 3.